The van der Waals surface area contributed by atoms with E-state index in [1.165, 1.54) is 24.3 Å². The van der Waals surface area contributed by atoms with Gasteiger partial charge >= 0.3 is 29.5 Å². The van der Waals surface area contributed by atoms with Gasteiger partial charge in [-0.3, -0.25) is 48.9 Å². The van der Waals surface area contributed by atoms with Gasteiger partial charge in [-0.1, -0.05) is 0 Å². The van der Waals surface area contributed by atoms with Crippen molar-refractivity contribution in [1.29, 1.82) is 0 Å². The molecular weight excluding hydrogens is 945 g/mol. The smallest absolute Gasteiger partial charge is 0.271 e. The van der Waals surface area contributed by atoms with Crippen molar-refractivity contribution in [2.75, 3.05) is 28.2 Å². The maximum absolute atomic E-state index is 14.6. The molecule has 0 N–H and O–H groups in total. The zero-order valence-corrected chi connectivity index (χ0v) is 36.9. The molecule has 0 radical (unpaired) electrons. The van der Waals surface area contributed by atoms with Crippen molar-refractivity contribution in [1.82, 2.24) is 17.1 Å². The molecule has 4 aliphatic heterocycles. The number of benzene rings is 4. The predicted molar refractivity (Wildman–Crippen MR) is 235 cm³/mol. The summed E-state index contributed by atoms with van der Waals surface area (Å²) in [5.41, 5.74) is -2.92. The Bertz CT molecular complexity index is 3860. The fourth-order valence-corrected chi connectivity index (χ4v) is 14.5. The van der Waals surface area contributed by atoms with E-state index in [0.29, 0.717) is 8.61 Å². The van der Waals surface area contributed by atoms with Crippen molar-refractivity contribution in [3.05, 3.63) is 146 Å². The van der Waals surface area contributed by atoms with Crippen LogP contribution in [0, 0.1) is 40.5 Å². The zero-order valence-electron chi connectivity index (χ0n) is 34.2. The van der Waals surface area contributed by atoms with Crippen molar-refractivity contribution in [3.63, 3.8) is 0 Å². The molecule has 338 valence electrons. The molecule has 10 rings (SSSR count). The predicted octanol–water partition coefficient (Wildman–Crippen LogP) is 2.65. The lowest BCUT2D eigenvalue weighted by Gasteiger charge is -2.33. The van der Waals surface area contributed by atoms with Gasteiger partial charge in [0.2, 0.25) is 0 Å². The molecule has 0 aliphatic carbocycles. The number of hydrogen-bond donors (Lipinski definition) is 0. The number of fused-ring (bicyclic) bond motifs is 14. The lowest BCUT2D eigenvalue weighted by molar-refractivity contribution is -0.385. The standard InChI is InChI=1S/C36H24N14O14S2Si/c1-43(2)65(59,60)63-67(64-66(61,62)44(3)4)45-34-23-11-7-19(49(55)56)15-27(23)35(45)39-29-21-9-5-17(47(51)52)13-25(21)31(37-29)41-33-24-12-8-20(50(57)58)16-28(24)36(46(33)67)40-30-22-10-6-18(48(53)54)14-26(22)32(38-30)42-34/h5-16H,1-4H3. The van der Waals surface area contributed by atoms with Crippen LogP contribution in [0.15, 0.2) is 103 Å². The maximum atomic E-state index is 14.6. The van der Waals surface area contributed by atoms with E-state index in [1.807, 2.05) is 0 Å². The first-order valence-corrected chi connectivity index (χ1v) is 23.3. The van der Waals surface area contributed by atoms with Gasteiger partial charge in [0.05, 0.1) is 19.7 Å². The molecule has 0 unspecified atom stereocenters. The molecule has 28 nitrogen and oxygen atoms in total. The summed E-state index contributed by atoms with van der Waals surface area (Å²) in [4.78, 5) is 74.8. The van der Waals surface area contributed by atoms with Gasteiger partial charge < -0.3 is 0 Å². The van der Waals surface area contributed by atoms with Gasteiger partial charge in [0.25, 0.3) is 22.7 Å². The second-order valence-corrected chi connectivity index (χ2v) is 21.6. The molecule has 2 aromatic heterocycles. The van der Waals surface area contributed by atoms with Gasteiger partial charge in [0.15, 0.2) is 23.3 Å². The first-order valence-electron chi connectivity index (χ1n) is 18.9. The largest absolute Gasteiger partial charge is 0.634 e. The summed E-state index contributed by atoms with van der Waals surface area (Å²) in [5, 5.41) is 48.5. The average molecular weight is 969 g/mol. The van der Waals surface area contributed by atoms with E-state index in [2.05, 4.69) is 9.98 Å². The minimum atomic E-state index is -6.25. The molecule has 31 heteroatoms. The lowest BCUT2D eigenvalue weighted by atomic mass is 10.1. The third kappa shape index (κ3) is 6.39. The number of amidine groups is 4. The molecule has 0 amide bonds. The Hall–Kier alpha value is -8.20. The van der Waals surface area contributed by atoms with Crippen molar-refractivity contribution >= 4 is 109 Å². The average Bonchev–Trinajstić information content (AvgIpc) is 3.97. The van der Waals surface area contributed by atoms with Gasteiger partial charge in [-0.25, -0.2) is 37.7 Å². The Morgan fingerprint density at radius 1 is 0.463 bits per heavy atom. The van der Waals surface area contributed by atoms with Crippen LogP contribution >= 0.6 is 0 Å². The minimum absolute atomic E-state index is 0.0239. The maximum Gasteiger partial charge on any atom is 0.634 e. The van der Waals surface area contributed by atoms with Crippen LogP contribution in [0.25, 0.3) is 21.5 Å². The summed E-state index contributed by atoms with van der Waals surface area (Å²) in [6.45, 7) is 0. The highest BCUT2D eigenvalue weighted by Crippen LogP contribution is 2.46. The lowest BCUT2D eigenvalue weighted by Crippen LogP contribution is -2.66. The van der Waals surface area contributed by atoms with Gasteiger partial charge in [-0.2, -0.15) is 25.4 Å². The molecule has 4 aromatic carbocycles. The molecular formula is C36H24N14O14S2Si. The summed E-state index contributed by atoms with van der Waals surface area (Å²) in [6, 6.07) is 13.6. The van der Waals surface area contributed by atoms with E-state index in [1.54, 1.807) is 0 Å². The summed E-state index contributed by atoms with van der Waals surface area (Å²) < 4.78 is 73.8. The highest BCUT2D eigenvalue weighted by atomic mass is 32.2. The van der Waals surface area contributed by atoms with Crippen LogP contribution in [0.4, 0.5) is 34.4 Å². The summed E-state index contributed by atoms with van der Waals surface area (Å²) in [5.74, 6) is -2.30. The summed E-state index contributed by atoms with van der Waals surface area (Å²) in [7, 11) is -12.6. The number of nitro benzene ring substituents is 4. The van der Waals surface area contributed by atoms with Gasteiger partial charge in [-0.05, 0) is 24.3 Å². The van der Waals surface area contributed by atoms with Crippen LogP contribution in [0.5, 0.6) is 0 Å². The van der Waals surface area contributed by atoms with Crippen LogP contribution in [-0.2, 0) is 28.4 Å². The van der Waals surface area contributed by atoms with Crippen molar-refractivity contribution in [2.45, 2.75) is 0 Å². The quantitative estimate of drug-likeness (QED) is 0.108. The number of hydrogen-bond acceptors (Lipinski definition) is 20. The fraction of sp³-hybridized carbons (Fsp3) is 0.111. The molecule has 4 aliphatic rings. The third-order valence-corrected chi connectivity index (χ3v) is 18.0. The van der Waals surface area contributed by atoms with Gasteiger partial charge in [0.1, 0.15) is 22.6 Å². The van der Waals surface area contributed by atoms with Crippen molar-refractivity contribution < 1.29 is 44.3 Å². The Labute approximate surface area is 373 Å². The van der Waals surface area contributed by atoms with Crippen LogP contribution < -0.4 is 11.0 Å². The van der Waals surface area contributed by atoms with E-state index >= 15 is 0 Å². The zero-order chi connectivity index (χ0) is 47.8. The highest BCUT2D eigenvalue weighted by Gasteiger charge is 2.60. The Balaban J connectivity index is 1.57. The monoisotopic (exact) mass is 968 g/mol. The number of nitro groups is 4. The molecule has 67 heavy (non-hydrogen) atoms. The molecule has 0 fully saturated rings. The molecule has 0 saturated carbocycles. The van der Waals surface area contributed by atoms with Crippen LogP contribution in [0.1, 0.15) is 22.3 Å². The number of aliphatic imine (C=N–C) groups is 4. The SMILES string of the molecule is CN(C)S(=O)(=O)O[Si]1(OS(=O)(=O)N(C)C)n2c3c4cc([N+](=O)[O-])ccc4c2N=C2N=C(N=c4c5cc([N+](=O)[O-])ccc5c(n41)=NC1=NC(=N3)c3ccc([N+](=O)[O-])cc31)c1ccc([N+](=O)[O-])cc12. The number of aromatic nitrogens is 2. The number of non-ortho nitro benzene ring substituents is 4. The van der Waals surface area contributed by atoms with E-state index in [0.717, 1.165) is 85.2 Å². The van der Waals surface area contributed by atoms with Gasteiger partial charge in [0, 0.05) is 121 Å². The molecule has 0 spiro atoms. The van der Waals surface area contributed by atoms with E-state index in [-0.39, 0.29) is 67.1 Å². The van der Waals surface area contributed by atoms with Crippen LogP contribution in [0.3, 0.4) is 0 Å². The Kier molecular flexibility index (Phi) is 9.18. The molecule has 6 aromatic rings. The Morgan fingerprint density at radius 2 is 0.836 bits per heavy atom. The van der Waals surface area contributed by atoms with E-state index < -0.39 is 94.5 Å². The highest BCUT2D eigenvalue weighted by molar-refractivity contribution is 7.87. The normalized spacial score (nSPS) is 15.5. The van der Waals surface area contributed by atoms with Crippen molar-refractivity contribution in [3.8, 4) is 0 Å². The fourth-order valence-electron chi connectivity index (χ4n) is 7.63. The van der Waals surface area contributed by atoms with Crippen LogP contribution in [0.2, 0.25) is 0 Å². The van der Waals surface area contributed by atoms with Gasteiger partial charge in [-0.15, -0.1) is 0 Å². The number of rotatable bonds is 10. The second-order valence-electron chi connectivity index (χ2n) is 15.1. The molecule has 0 atom stereocenters. The second kappa shape index (κ2) is 14.4. The molecule has 0 saturated heterocycles. The topological polar surface area (TPSA) is 350 Å². The van der Waals surface area contributed by atoms with E-state index in [4.69, 9.17) is 27.7 Å². The first-order chi connectivity index (χ1) is 31.6. The summed E-state index contributed by atoms with van der Waals surface area (Å²) in [6.07, 6.45) is 0. The summed E-state index contributed by atoms with van der Waals surface area (Å²) >= 11 is 0. The molecule has 6 bridgehead atoms. The third-order valence-electron chi connectivity index (χ3n) is 10.8. The van der Waals surface area contributed by atoms with Crippen molar-refractivity contribution in [2.24, 2.45) is 30.0 Å². The van der Waals surface area contributed by atoms with Crippen LogP contribution in [-0.4, -0.2) is 114 Å². The number of nitrogens with zero attached hydrogens (tertiary/aromatic N) is 14. The Morgan fingerprint density at radius 3 is 1.31 bits per heavy atom. The van der Waals surface area contributed by atoms with E-state index in [9.17, 15) is 57.3 Å². The molecule has 6 heterocycles. The minimum Gasteiger partial charge on any atom is -0.271 e. The first kappa shape index (κ1) is 42.7.